The van der Waals surface area contributed by atoms with Crippen LogP contribution in [-0.2, 0) is 14.3 Å². The molecule has 0 aromatic carbocycles. The van der Waals surface area contributed by atoms with E-state index in [1.54, 1.807) is 0 Å². The fraction of sp³-hybridized carbons (Fsp3) is 0.250. The van der Waals surface area contributed by atoms with E-state index in [0.717, 1.165) is 6.26 Å². The van der Waals surface area contributed by atoms with Crippen LogP contribution >= 0.6 is 0 Å². The van der Waals surface area contributed by atoms with Crippen LogP contribution in [-0.4, -0.2) is 11.8 Å². The zero-order valence-corrected chi connectivity index (χ0v) is 6.37. The minimum Gasteiger partial charge on any atom is -0.434 e. The highest BCUT2D eigenvalue weighted by atomic mass is 16.5. The molecule has 0 N–H and O–H groups in total. The molecular weight excluding hydrogens is 144 g/mol. The summed E-state index contributed by atoms with van der Waals surface area (Å²) in [7, 11) is 0. The molecule has 0 spiro atoms. The zero-order valence-electron chi connectivity index (χ0n) is 6.37. The van der Waals surface area contributed by atoms with Gasteiger partial charge in [0.15, 0.2) is 0 Å². The Morgan fingerprint density at radius 2 is 2.00 bits per heavy atom. The Hall–Kier alpha value is -1.38. The minimum atomic E-state index is -0.868. The first kappa shape index (κ1) is 9.62. The summed E-state index contributed by atoms with van der Waals surface area (Å²) < 4.78 is 4.39. The van der Waals surface area contributed by atoms with Gasteiger partial charge in [-0.2, -0.15) is 0 Å². The average Bonchev–Trinajstić information content (AvgIpc) is 1.88. The van der Waals surface area contributed by atoms with E-state index >= 15 is 0 Å². The van der Waals surface area contributed by atoms with Crippen molar-refractivity contribution in [2.24, 2.45) is 5.92 Å². The molecule has 0 rings (SSSR count). The van der Waals surface area contributed by atoms with E-state index in [1.165, 1.54) is 13.0 Å². The van der Waals surface area contributed by atoms with Crippen LogP contribution in [0.3, 0.4) is 0 Å². The first-order valence-electron chi connectivity index (χ1n) is 3.08. The summed E-state index contributed by atoms with van der Waals surface area (Å²) in [5.41, 5.74) is 0. The maximum Gasteiger partial charge on any atom is 0.325 e. The standard InChI is InChI=1S/C8H10O3/c1-4-7(6(3)9)8(10)11-5-2/h4-5,7H,1-2H2,3H3. The minimum absolute atomic E-state index is 0.285. The van der Waals surface area contributed by atoms with E-state index in [-0.39, 0.29) is 5.78 Å². The Kier molecular flexibility index (Phi) is 3.88. The quantitative estimate of drug-likeness (QED) is 0.263. The van der Waals surface area contributed by atoms with Crippen LogP contribution in [0.1, 0.15) is 6.92 Å². The van der Waals surface area contributed by atoms with Gasteiger partial charge in [-0.25, -0.2) is 0 Å². The predicted octanol–water partition coefficient (Wildman–Crippen LogP) is 1.06. The van der Waals surface area contributed by atoms with Crippen molar-refractivity contribution in [1.82, 2.24) is 0 Å². The third-order valence-electron chi connectivity index (χ3n) is 1.13. The van der Waals surface area contributed by atoms with Gasteiger partial charge < -0.3 is 4.74 Å². The number of carbonyl (C=O) groups excluding carboxylic acids is 2. The molecule has 0 aliphatic heterocycles. The van der Waals surface area contributed by atoms with Gasteiger partial charge in [0.05, 0.1) is 6.26 Å². The Labute approximate surface area is 65.4 Å². The molecule has 3 nitrogen and oxygen atoms in total. The lowest BCUT2D eigenvalue weighted by molar-refractivity contribution is -0.144. The number of hydrogen-bond donors (Lipinski definition) is 0. The summed E-state index contributed by atoms with van der Waals surface area (Å²) in [5.74, 6) is -1.79. The number of ether oxygens (including phenoxy) is 1. The second-order valence-electron chi connectivity index (χ2n) is 1.93. The van der Waals surface area contributed by atoms with Gasteiger partial charge in [0.25, 0.3) is 0 Å². The highest BCUT2D eigenvalue weighted by Crippen LogP contribution is 2.02. The van der Waals surface area contributed by atoms with Crippen molar-refractivity contribution in [3.8, 4) is 0 Å². The van der Waals surface area contributed by atoms with Crippen molar-refractivity contribution in [3.63, 3.8) is 0 Å². The molecule has 0 saturated heterocycles. The number of hydrogen-bond acceptors (Lipinski definition) is 3. The Balaban J connectivity index is 4.25. The maximum absolute atomic E-state index is 10.8. The predicted molar refractivity (Wildman–Crippen MR) is 40.7 cm³/mol. The van der Waals surface area contributed by atoms with Gasteiger partial charge in [0.1, 0.15) is 11.7 Å². The van der Waals surface area contributed by atoms with E-state index in [1.807, 2.05) is 0 Å². The van der Waals surface area contributed by atoms with E-state index < -0.39 is 11.9 Å². The lowest BCUT2D eigenvalue weighted by atomic mass is 10.1. The number of carbonyl (C=O) groups is 2. The van der Waals surface area contributed by atoms with E-state index in [4.69, 9.17) is 0 Å². The molecule has 11 heavy (non-hydrogen) atoms. The molecule has 0 heterocycles. The van der Waals surface area contributed by atoms with Gasteiger partial charge in [0.2, 0.25) is 0 Å². The molecule has 0 aromatic rings. The van der Waals surface area contributed by atoms with Gasteiger partial charge in [-0.05, 0) is 6.92 Å². The van der Waals surface area contributed by atoms with Crippen LogP contribution in [0, 0.1) is 5.92 Å². The summed E-state index contributed by atoms with van der Waals surface area (Å²) in [6.07, 6.45) is 2.23. The van der Waals surface area contributed by atoms with Crippen LogP contribution < -0.4 is 0 Å². The third-order valence-corrected chi connectivity index (χ3v) is 1.13. The van der Waals surface area contributed by atoms with E-state index in [9.17, 15) is 9.59 Å². The molecule has 3 heteroatoms. The van der Waals surface area contributed by atoms with Gasteiger partial charge in [0, 0.05) is 0 Å². The van der Waals surface area contributed by atoms with E-state index in [0.29, 0.717) is 0 Å². The molecular formula is C8H10O3. The first-order valence-corrected chi connectivity index (χ1v) is 3.08. The molecule has 0 aliphatic carbocycles. The maximum atomic E-state index is 10.8. The number of rotatable bonds is 4. The zero-order chi connectivity index (χ0) is 8.85. The molecule has 1 unspecified atom stereocenters. The van der Waals surface area contributed by atoms with E-state index in [2.05, 4.69) is 17.9 Å². The molecule has 0 aromatic heterocycles. The van der Waals surface area contributed by atoms with Crippen LogP contribution in [0.4, 0.5) is 0 Å². The first-order chi connectivity index (χ1) is 5.13. The van der Waals surface area contributed by atoms with Crippen molar-refractivity contribution in [2.45, 2.75) is 6.92 Å². The SMILES string of the molecule is C=COC(=O)C(C=C)C(C)=O. The van der Waals surface area contributed by atoms with Crippen molar-refractivity contribution in [2.75, 3.05) is 0 Å². The second-order valence-corrected chi connectivity index (χ2v) is 1.93. The van der Waals surface area contributed by atoms with Crippen LogP contribution in [0.15, 0.2) is 25.5 Å². The Morgan fingerprint density at radius 3 is 2.27 bits per heavy atom. The average molecular weight is 154 g/mol. The lowest BCUT2D eigenvalue weighted by Gasteiger charge is -2.04. The van der Waals surface area contributed by atoms with Crippen molar-refractivity contribution >= 4 is 11.8 Å². The summed E-state index contributed by atoms with van der Waals surface area (Å²) in [4.78, 5) is 21.5. The molecule has 0 amide bonds. The molecule has 0 aliphatic rings. The van der Waals surface area contributed by atoms with Gasteiger partial charge in [-0.3, -0.25) is 9.59 Å². The normalized spacial score (nSPS) is 11.4. The van der Waals surface area contributed by atoms with Crippen molar-refractivity contribution in [1.29, 1.82) is 0 Å². The molecule has 1 atom stereocenters. The van der Waals surface area contributed by atoms with Gasteiger partial charge in [-0.15, -0.1) is 6.58 Å². The van der Waals surface area contributed by atoms with Crippen LogP contribution in [0.5, 0.6) is 0 Å². The highest BCUT2D eigenvalue weighted by Gasteiger charge is 2.19. The second kappa shape index (κ2) is 4.44. The van der Waals surface area contributed by atoms with Crippen LogP contribution in [0.2, 0.25) is 0 Å². The smallest absolute Gasteiger partial charge is 0.325 e. The summed E-state index contributed by atoms with van der Waals surface area (Å²) in [6, 6.07) is 0. The van der Waals surface area contributed by atoms with Gasteiger partial charge >= 0.3 is 5.97 Å². The largest absolute Gasteiger partial charge is 0.434 e. The lowest BCUT2D eigenvalue weighted by Crippen LogP contribution is -2.20. The molecule has 0 radical (unpaired) electrons. The van der Waals surface area contributed by atoms with Crippen LogP contribution in [0.25, 0.3) is 0 Å². The Bertz CT molecular complexity index is 194. The molecule has 0 saturated carbocycles. The monoisotopic (exact) mass is 154 g/mol. The fourth-order valence-corrected chi connectivity index (χ4v) is 0.584. The number of ketones is 1. The van der Waals surface area contributed by atoms with Gasteiger partial charge in [-0.1, -0.05) is 12.7 Å². The molecule has 0 bridgehead atoms. The van der Waals surface area contributed by atoms with Crippen molar-refractivity contribution in [3.05, 3.63) is 25.5 Å². The number of esters is 1. The summed E-state index contributed by atoms with van der Waals surface area (Å²) in [6.45, 7) is 7.82. The summed E-state index contributed by atoms with van der Waals surface area (Å²) >= 11 is 0. The third kappa shape index (κ3) is 2.80. The fourth-order valence-electron chi connectivity index (χ4n) is 0.584. The summed E-state index contributed by atoms with van der Waals surface area (Å²) in [5, 5.41) is 0. The van der Waals surface area contributed by atoms with Crippen molar-refractivity contribution < 1.29 is 14.3 Å². The highest BCUT2D eigenvalue weighted by molar-refractivity contribution is 5.99. The molecule has 60 valence electrons. The molecule has 0 fully saturated rings. The topological polar surface area (TPSA) is 43.4 Å². The Morgan fingerprint density at radius 1 is 1.45 bits per heavy atom. The number of Topliss-reactive ketones (excluding diaryl/α,β-unsaturated/α-hetero) is 1.